The molecule has 2 heterocycles. The van der Waals surface area contributed by atoms with Gasteiger partial charge in [-0.3, -0.25) is 19.5 Å². The number of benzene rings is 2. The fraction of sp³-hybridized carbons (Fsp3) is 0.414. The number of ether oxygens (including phenoxy) is 2. The molecule has 1 saturated heterocycles. The lowest BCUT2D eigenvalue weighted by Gasteiger charge is -2.26. The molecule has 3 aromatic rings. The summed E-state index contributed by atoms with van der Waals surface area (Å²) in [5.74, 6) is 1.43. The van der Waals surface area contributed by atoms with Crippen LogP contribution in [0.3, 0.4) is 0 Å². The molecular weight excluding hydrogens is 487 g/mol. The fourth-order valence-electron chi connectivity index (χ4n) is 5.05. The number of aromatic nitrogens is 2. The van der Waals surface area contributed by atoms with E-state index in [9.17, 15) is 14.0 Å². The number of amides is 1. The Hall–Kier alpha value is -3.72. The van der Waals surface area contributed by atoms with Gasteiger partial charge in [-0.2, -0.15) is 0 Å². The molecule has 1 atom stereocenters. The third-order valence-electron chi connectivity index (χ3n) is 7.10. The molecule has 1 aliphatic rings. The minimum atomic E-state index is -0.291. The minimum Gasteiger partial charge on any atom is -0.493 e. The molecule has 9 heteroatoms. The fourth-order valence-corrected chi connectivity index (χ4v) is 5.05. The number of carbonyl (C=O) groups is 1. The van der Waals surface area contributed by atoms with E-state index in [0.29, 0.717) is 43.6 Å². The second-order valence-electron chi connectivity index (χ2n) is 9.64. The summed E-state index contributed by atoms with van der Waals surface area (Å²) in [6.45, 7) is 9.06. The Labute approximate surface area is 222 Å². The number of hydrogen-bond donors (Lipinski definition) is 2. The van der Waals surface area contributed by atoms with Crippen LogP contribution in [0.1, 0.15) is 45.6 Å². The molecule has 38 heavy (non-hydrogen) atoms. The lowest BCUT2D eigenvalue weighted by atomic mass is 9.81. The number of nitrogens with zero attached hydrogens (tertiary/aromatic N) is 2. The van der Waals surface area contributed by atoms with Crippen LogP contribution in [0.5, 0.6) is 11.5 Å². The Morgan fingerprint density at radius 2 is 1.74 bits per heavy atom. The average molecular weight is 524 g/mol. The molecule has 0 radical (unpaired) electrons. The molecule has 1 fully saturated rings. The van der Waals surface area contributed by atoms with E-state index in [1.165, 1.54) is 24.4 Å². The molecule has 1 aliphatic heterocycles. The highest BCUT2D eigenvalue weighted by Crippen LogP contribution is 2.40. The van der Waals surface area contributed by atoms with Gasteiger partial charge in [-0.05, 0) is 50.1 Å². The molecule has 0 spiro atoms. The zero-order valence-electron chi connectivity index (χ0n) is 22.3. The highest BCUT2D eigenvalue weighted by Gasteiger charge is 2.43. The van der Waals surface area contributed by atoms with E-state index >= 15 is 0 Å². The molecule has 8 nitrogen and oxygen atoms in total. The van der Waals surface area contributed by atoms with Gasteiger partial charge < -0.3 is 14.8 Å². The Bertz CT molecular complexity index is 1280. The van der Waals surface area contributed by atoms with Gasteiger partial charge in [-0.1, -0.05) is 19.1 Å². The van der Waals surface area contributed by atoms with Crippen LogP contribution in [-0.4, -0.2) is 42.2 Å². The molecule has 1 amide bonds. The van der Waals surface area contributed by atoms with Crippen molar-refractivity contribution in [3.63, 3.8) is 0 Å². The monoisotopic (exact) mass is 523 g/mol. The van der Waals surface area contributed by atoms with Gasteiger partial charge in [0.25, 0.3) is 5.56 Å². The van der Waals surface area contributed by atoms with Crippen LogP contribution in [0, 0.1) is 11.2 Å². The molecule has 0 saturated carbocycles. The molecule has 202 valence electrons. The number of aromatic amines is 1. The third-order valence-corrected chi connectivity index (χ3v) is 7.10. The molecule has 2 aromatic carbocycles. The molecule has 1 aromatic heterocycles. The SMILES string of the molecule is CCOc1cc(C[NH2+]CCC2(CC)CC(=O)N(c3nccc(=O)[nH]3)C2)cc(OCC)c1-c1ccc(F)cc1. The number of H-pyrrole nitrogens is 1. The highest BCUT2D eigenvalue weighted by atomic mass is 19.1. The van der Waals surface area contributed by atoms with Gasteiger partial charge in [0.15, 0.2) is 0 Å². The zero-order valence-corrected chi connectivity index (χ0v) is 22.3. The Kier molecular flexibility index (Phi) is 8.78. The summed E-state index contributed by atoms with van der Waals surface area (Å²) in [6.07, 6.45) is 3.57. The average Bonchev–Trinajstić information content (AvgIpc) is 3.24. The third kappa shape index (κ3) is 6.22. The van der Waals surface area contributed by atoms with Crippen molar-refractivity contribution < 1.29 is 24.0 Å². The van der Waals surface area contributed by atoms with Gasteiger partial charge in [0.05, 0.1) is 25.3 Å². The summed E-state index contributed by atoms with van der Waals surface area (Å²) in [4.78, 5) is 32.9. The van der Waals surface area contributed by atoms with E-state index in [2.05, 4.69) is 22.2 Å². The second kappa shape index (κ2) is 12.2. The topological polar surface area (TPSA) is 101 Å². The zero-order chi connectivity index (χ0) is 27.1. The normalized spacial score (nSPS) is 17.2. The van der Waals surface area contributed by atoms with Crippen LogP contribution in [-0.2, 0) is 11.3 Å². The second-order valence-corrected chi connectivity index (χ2v) is 9.64. The largest absolute Gasteiger partial charge is 0.493 e. The smallest absolute Gasteiger partial charge is 0.252 e. The number of halogens is 1. The summed E-state index contributed by atoms with van der Waals surface area (Å²) in [6, 6.07) is 11.7. The van der Waals surface area contributed by atoms with E-state index in [0.717, 1.165) is 42.6 Å². The maximum atomic E-state index is 13.5. The van der Waals surface area contributed by atoms with Crippen molar-refractivity contribution in [2.45, 2.75) is 46.6 Å². The number of rotatable bonds is 12. The van der Waals surface area contributed by atoms with Crippen LogP contribution in [0.4, 0.5) is 10.3 Å². The van der Waals surface area contributed by atoms with Crippen molar-refractivity contribution in [1.29, 1.82) is 0 Å². The number of nitrogens with two attached hydrogens (primary N) is 1. The molecule has 3 N–H and O–H groups in total. The van der Waals surface area contributed by atoms with Crippen molar-refractivity contribution in [1.82, 2.24) is 9.97 Å². The van der Waals surface area contributed by atoms with Crippen LogP contribution in [0.25, 0.3) is 11.1 Å². The maximum absolute atomic E-state index is 13.5. The first-order valence-electron chi connectivity index (χ1n) is 13.2. The number of carbonyl (C=O) groups excluding carboxylic acids is 1. The van der Waals surface area contributed by atoms with Crippen molar-refractivity contribution in [2.24, 2.45) is 5.41 Å². The van der Waals surface area contributed by atoms with E-state index in [4.69, 9.17) is 9.47 Å². The van der Waals surface area contributed by atoms with Crippen LogP contribution < -0.4 is 25.2 Å². The quantitative estimate of drug-likeness (QED) is 0.353. The van der Waals surface area contributed by atoms with Crippen molar-refractivity contribution >= 4 is 11.9 Å². The number of hydrogen-bond acceptors (Lipinski definition) is 5. The number of anilines is 1. The first-order valence-corrected chi connectivity index (χ1v) is 13.2. The minimum absolute atomic E-state index is 0.0136. The van der Waals surface area contributed by atoms with Gasteiger partial charge in [0.1, 0.15) is 23.9 Å². The van der Waals surface area contributed by atoms with Gasteiger partial charge in [0.2, 0.25) is 11.9 Å². The Balaban J connectivity index is 1.46. The van der Waals surface area contributed by atoms with Crippen LogP contribution >= 0.6 is 0 Å². The molecular formula is C29H36FN4O4+. The van der Waals surface area contributed by atoms with Gasteiger partial charge in [-0.15, -0.1) is 0 Å². The van der Waals surface area contributed by atoms with Gasteiger partial charge >= 0.3 is 0 Å². The predicted octanol–water partition coefficient (Wildman–Crippen LogP) is 3.66. The summed E-state index contributed by atoms with van der Waals surface area (Å²) in [5, 5.41) is 2.23. The van der Waals surface area contributed by atoms with Gasteiger partial charge in [-0.25, -0.2) is 9.37 Å². The van der Waals surface area contributed by atoms with E-state index in [-0.39, 0.29) is 22.7 Å². The standard InChI is InChI=1S/C29H35FN4O4/c1-4-29(17-26(36)34(19-29)28-32-13-11-25(35)33-28)12-14-31-18-20-15-23(37-5-2)27(24(16-20)38-6-3)21-7-9-22(30)10-8-21/h7-11,13,15-16,31H,4-6,12,14,17-19H2,1-3H3,(H,32,33,35)/p+1. The summed E-state index contributed by atoms with van der Waals surface area (Å²) in [7, 11) is 0. The molecule has 4 rings (SSSR count). The molecule has 0 aliphatic carbocycles. The van der Waals surface area contributed by atoms with Crippen LogP contribution in [0.2, 0.25) is 0 Å². The van der Waals surface area contributed by atoms with E-state index in [1.807, 2.05) is 26.0 Å². The summed E-state index contributed by atoms with van der Waals surface area (Å²) < 4.78 is 25.5. The lowest BCUT2D eigenvalue weighted by Crippen LogP contribution is -2.83. The Morgan fingerprint density at radius 1 is 1.05 bits per heavy atom. The Morgan fingerprint density at radius 3 is 2.34 bits per heavy atom. The number of quaternary nitrogens is 1. The lowest BCUT2D eigenvalue weighted by molar-refractivity contribution is -0.672. The van der Waals surface area contributed by atoms with E-state index in [1.54, 1.807) is 17.0 Å². The number of nitrogens with one attached hydrogen (secondary N) is 1. The maximum Gasteiger partial charge on any atom is 0.252 e. The van der Waals surface area contributed by atoms with Crippen molar-refractivity contribution in [3.8, 4) is 22.6 Å². The first kappa shape index (κ1) is 27.3. The summed E-state index contributed by atoms with van der Waals surface area (Å²) in [5.41, 5.74) is 2.28. The van der Waals surface area contributed by atoms with Crippen LogP contribution in [0.15, 0.2) is 53.5 Å². The first-order chi connectivity index (χ1) is 18.4. The van der Waals surface area contributed by atoms with Crippen molar-refractivity contribution in [3.05, 3.63) is 70.4 Å². The molecule has 1 unspecified atom stereocenters. The highest BCUT2D eigenvalue weighted by molar-refractivity contribution is 5.94. The predicted molar refractivity (Wildman–Crippen MR) is 144 cm³/mol. The van der Waals surface area contributed by atoms with Crippen molar-refractivity contribution in [2.75, 3.05) is 31.2 Å². The summed E-state index contributed by atoms with van der Waals surface area (Å²) >= 11 is 0. The van der Waals surface area contributed by atoms with E-state index < -0.39 is 0 Å². The molecule has 0 bridgehead atoms. The van der Waals surface area contributed by atoms with Gasteiger partial charge in [0, 0.05) is 42.6 Å².